The number of hydrogen-bond acceptors (Lipinski definition) is 6. The summed E-state index contributed by atoms with van der Waals surface area (Å²) in [5.41, 5.74) is 0.737. The molecule has 0 saturated carbocycles. The van der Waals surface area contributed by atoms with E-state index in [1.165, 1.54) is 11.3 Å². The summed E-state index contributed by atoms with van der Waals surface area (Å²) in [4.78, 5) is 28.2. The summed E-state index contributed by atoms with van der Waals surface area (Å²) in [5.74, 6) is 0.595. The first-order valence-corrected chi connectivity index (χ1v) is 8.66. The topological polar surface area (TPSA) is 68.2 Å². The second kappa shape index (κ2) is 7.14. The number of amides is 1. The molecule has 0 aliphatic carbocycles. The number of thiazole rings is 1. The maximum atomic E-state index is 12.8. The number of carbonyl (C=O) groups is 1. The van der Waals surface area contributed by atoms with Crippen molar-refractivity contribution in [2.75, 3.05) is 19.7 Å². The van der Waals surface area contributed by atoms with E-state index in [2.05, 4.69) is 15.0 Å². The predicted molar refractivity (Wildman–Crippen MR) is 88.4 cm³/mol. The minimum atomic E-state index is 0.0339. The van der Waals surface area contributed by atoms with E-state index < -0.39 is 0 Å². The second-order valence-electron chi connectivity index (χ2n) is 5.48. The molecule has 23 heavy (non-hydrogen) atoms. The fourth-order valence-electron chi connectivity index (χ4n) is 2.74. The molecule has 122 valence electrons. The number of nitrogens with zero attached hydrogens (tertiary/aromatic N) is 4. The number of ether oxygens (including phenoxy) is 1. The molecule has 2 aromatic heterocycles. The highest BCUT2D eigenvalue weighted by atomic mass is 32.1. The highest BCUT2D eigenvalue weighted by molar-refractivity contribution is 7.17. The van der Waals surface area contributed by atoms with Crippen molar-refractivity contribution in [2.45, 2.75) is 32.8 Å². The molecule has 0 radical (unpaired) electrons. The number of aromatic nitrogens is 3. The lowest BCUT2D eigenvalue weighted by Crippen LogP contribution is -2.43. The van der Waals surface area contributed by atoms with Gasteiger partial charge in [0.1, 0.15) is 4.88 Å². The van der Waals surface area contributed by atoms with Crippen molar-refractivity contribution in [3.8, 4) is 10.8 Å². The Labute approximate surface area is 139 Å². The number of piperidine rings is 1. The van der Waals surface area contributed by atoms with Crippen LogP contribution >= 0.6 is 11.3 Å². The Bertz CT molecular complexity index is 672. The zero-order chi connectivity index (χ0) is 16.2. The summed E-state index contributed by atoms with van der Waals surface area (Å²) in [5, 5.41) is 0.685. The lowest BCUT2D eigenvalue weighted by molar-refractivity contribution is 0.00738. The van der Waals surface area contributed by atoms with Gasteiger partial charge in [-0.3, -0.25) is 4.79 Å². The highest BCUT2D eigenvalue weighted by Gasteiger charge is 2.27. The Morgan fingerprint density at radius 3 is 2.96 bits per heavy atom. The minimum absolute atomic E-state index is 0.0339. The van der Waals surface area contributed by atoms with Gasteiger partial charge in [0.25, 0.3) is 5.91 Å². The minimum Gasteiger partial charge on any atom is -0.377 e. The van der Waals surface area contributed by atoms with Crippen LogP contribution in [0.4, 0.5) is 0 Å². The smallest absolute Gasteiger partial charge is 0.265 e. The maximum Gasteiger partial charge on any atom is 0.265 e. The van der Waals surface area contributed by atoms with Crippen molar-refractivity contribution in [1.29, 1.82) is 0 Å². The number of rotatable bonds is 4. The van der Waals surface area contributed by atoms with E-state index in [-0.39, 0.29) is 12.0 Å². The molecule has 1 fully saturated rings. The summed E-state index contributed by atoms with van der Waals surface area (Å²) >= 11 is 1.36. The second-order valence-corrected chi connectivity index (χ2v) is 6.48. The monoisotopic (exact) mass is 332 g/mol. The molecule has 0 aromatic carbocycles. The van der Waals surface area contributed by atoms with E-state index in [1.807, 2.05) is 18.7 Å². The molecule has 1 saturated heterocycles. The van der Waals surface area contributed by atoms with Gasteiger partial charge in [-0.25, -0.2) is 15.0 Å². The van der Waals surface area contributed by atoms with Gasteiger partial charge in [-0.1, -0.05) is 0 Å². The number of aryl methyl sites for hydroxylation is 1. The maximum absolute atomic E-state index is 12.8. The Morgan fingerprint density at radius 1 is 1.43 bits per heavy atom. The van der Waals surface area contributed by atoms with Gasteiger partial charge in [0.15, 0.2) is 10.8 Å². The van der Waals surface area contributed by atoms with Crippen molar-refractivity contribution in [1.82, 2.24) is 19.9 Å². The van der Waals surface area contributed by atoms with Crippen LogP contribution in [0.2, 0.25) is 0 Å². The van der Waals surface area contributed by atoms with Crippen LogP contribution in [0.25, 0.3) is 10.8 Å². The summed E-state index contributed by atoms with van der Waals surface area (Å²) in [6.45, 7) is 5.96. The number of carbonyl (C=O) groups excluding carboxylic acids is 1. The van der Waals surface area contributed by atoms with Gasteiger partial charge < -0.3 is 9.64 Å². The average molecular weight is 332 g/mol. The van der Waals surface area contributed by atoms with Crippen LogP contribution in [0.5, 0.6) is 0 Å². The first kappa shape index (κ1) is 16.0. The van der Waals surface area contributed by atoms with Gasteiger partial charge in [0, 0.05) is 32.1 Å². The van der Waals surface area contributed by atoms with Crippen molar-refractivity contribution in [3.05, 3.63) is 29.0 Å². The van der Waals surface area contributed by atoms with Crippen molar-refractivity contribution in [3.63, 3.8) is 0 Å². The van der Waals surface area contributed by atoms with Crippen LogP contribution in [-0.4, -0.2) is 51.6 Å². The normalized spacial score (nSPS) is 18.2. The van der Waals surface area contributed by atoms with E-state index in [0.717, 1.165) is 25.1 Å². The largest absolute Gasteiger partial charge is 0.377 e. The van der Waals surface area contributed by atoms with E-state index in [1.54, 1.807) is 18.5 Å². The molecule has 0 spiro atoms. The van der Waals surface area contributed by atoms with Gasteiger partial charge in [-0.05, 0) is 32.8 Å². The third-order valence-corrected chi connectivity index (χ3v) is 4.96. The van der Waals surface area contributed by atoms with E-state index in [4.69, 9.17) is 4.74 Å². The molecule has 1 aliphatic rings. The molecule has 1 atom stereocenters. The molecular formula is C16H20N4O2S. The number of likely N-dealkylation sites (tertiary alicyclic amines) is 1. The van der Waals surface area contributed by atoms with Crippen LogP contribution in [-0.2, 0) is 4.74 Å². The van der Waals surface area contributed by atoms with Crippen LogP contribution < -0.4 is 0 Å². The Hall–Kier alpha value is -1.86. The molecule has 0 bridgehead atoms. The van der Waals surface area contributed by atoms with Crippen LogP contribution in [0, 0.1) is 6.92 Å². The summed E-state index contributed by atoms with van der Waals surface area (Å²) in [6.07, 6.45) is 5.49. The SMILES string of the molecule is CCO[C@H]1CCCN(C(=O)c2sc(-c3ncccn3)nc2C)C1. The fourth-order valence-corrected chi connectivity index (χ4v) is 3.72. The van der Waals surface area contributed by atoms with Gasteiger partial charge >= 0.3 is 0 Å². The van der Waals surface area contributed by atoms with Gasteiger partial charge in [-0.15, -0.1) is 11.3 Å². The first-order chi connectivity index (χ1) is 11.2. The zero-order valence-electron chi connectivity index (χ0n) is 13.4. The lowest BCUT2D eigenvalue weighted by atomic mass is 10.1. The quantitative estimate of drug-likeness (QED) is 0.861. The third kappa shape index (κ3) is 3.56. The van der Waals surface area contributed by atoms with E-state index in [0.29, 0.717) is 28.9 Å². The molecule has 0 unspecified atom stereocenters. The Kier molecular flexibility index (Phi) is 4.97. The van der Waals surface area contributed by atoms with Gasteiger partial charge in [0.2, 0.25) is 0 Å². The average Bonchev–Trinajstić information content (AvgIpc) is 2.97. The van der Waals surface area contributed by atoms with Gasteiger partial charge in [0.05, 0.1) is 11.8 Å². The van der Waals surface area contributed by atoms with Crippen molar-refractivity contribution in [2.24, 2.45) is 0 Å². The van der Waals surface area contributed by atoms with Crippen LogP contribution in [0.1, 0.15) is 35.1 Å². The molecule has 1 aliphatic heterocycles. The standard InChI is InChI=1S/C16H20N4O2S/c1-3-22-12-6-4-9-20(10-12)16(21)13-11(2)19-15(23-13)14-17-7-5-8-18-14/h5,7-8,12H,3-4,6,9-10H2,1-2H3/t12-/m0/s1. The van der Waals surface area contributed by atoms with Crippen molar-refractivity contribution >= 4 is 17.2 Å². The Morgan fingerprint density at radius 2 is 2.22 bits per heavy atom. The van der Waals surface area contributed by atoms with E-state index in [9.17, 15) is 4.79 Å². The summed E-state index contributed by atoms with van der Waals surface area (Å²) in [6, 6.07) is 1.76. The zero-order valence-corrected chi connectivity index (χ0v) is 14.2. The fraction of sp³-hybridized carbons (Fsp3) is 0.500. The predicted octanol–water partition coefficient (Wildman–Crippen LogP) is 2.55. The molecule has 0 N–H and O–H groups in total. The van der Waals surface area contributed by atoms with Crippen molar-refractivity contribution < 1.29 is 9.53 Å². The molecule has 2 aromatic rings. The van der Waals surface area contributed by atoms with Crippen LogP contribution in [0.3, 0.4) is 0 Å². The number of hydrogen-bond donors (Lipinski definition) is 0. The van der Waals surface area contributed by atoms with Gasteiger partial charge in [-0.2, -0.15) is 0 Å². The summed E-state index contributed by atoms with van der Waals surface area (Å²) < 4.78 is 5.68. The molecular weight excluding hydrogens is 312 g/mol. The molecule has 7 heteroatoms. The van der Waals surface area contributed by atoms with Crippen LogP contribution in [0.15, 0.2) is 18.5 Å². The Balaban J connectivity index is 1.79. The third-order valence-electron chi connectivity index (χ3n) is 3.82. The molecule has 3 rings (SSSR count). The summed E-state index contributed by atoms with van der Waals surface area (Å²) in [7, 11) is 0. The lowest BCUT2D eigenvalue weighted by Gasteiger charge is -2.32. The highest BCUT2D eigenvalue weighted by Crippen LogP contribution is 2.27. The van der Waals surface area contributed by atoms with E-state index >= 15 is 0 Å². The molecule has 3 heterocycles. The molecule has 1 amide bonds. The molecule has 6 nitrogen and oxygen atoms in total. The first-order valence-electron chi connectivity index (χ1n) is 7.84.